The highest BCUT2D eigenvalue weighted by Gasteiger charge is 2.37. The minimum absolute atomic E-state index is 0.123. The molecule has 25 heavy (non-hydrogen) atoms. The summed E-state index contributed by atoms with van der Waals surface area (Å²) in [6.45, 7) is 3.77. The lowest BCUT2D eigenvalue weighted by Crippen LogP contribution is -2.13. The number of rotatable bonds is 3. The molecule has 0 amide bonds. The van der Waals surface area contributed by atoms with Gasteiger partial charge in [0.2, 0.25) is 5.82 Å². The fourth-order valence-corrected chi connectivity index (χ4v) is 3.38. The molecule has 3 aromatic rings. The van der Waals surface area contributed by atoms with Gasteiger partial charge >= 0.3 is 11.8 Å². The zero-order valence-electron chi connectivity index (χ0n) is 13.6. The van der Waals surface area contributed by atoms with Crippen molar-refractivity contribution in [1.82, 2.24) is 14.8 Å². The van der Waals surface area contributed by atoms with Crippen molar-refractivity contribution in [3.63, 3.8) is 0 Å². The van der Waals surface area contributed by atoms with Crippen molar-refractivity contribution in [3.8, 4) is 0 Å². The molecule has 1 aromatic carbocycles. The molecule has 0 aliphatic rings. The fourth-order valence-electron chi connectivity index (χ4n) is 2.47. The van der Waals surface area contributed by atoms with Gasteiger partial charge in [-0.1, -0.05) is 23.9 Å². The van der Waals surface area contributed by atoms with Gasteiger partial charge in [0.1, 0.15) is 5.58 Å². The Morgan fingerprint density at radius 3 is 2.60 bits per heavy atom. The highest BCUT2D eigenvalue weighted by atomic mass is 32.2. The second-order valence-corrected chi connectivity index (χ2v) is 6.57. The lowest BCUT2D eigenvalue weighted by Gasteiger charge is -2.09. The third kappa shape index (κ3) is 3.28. The molecule has 9 heteroatoms. The molecule has 0 saturated carbocycles. The number of halogens is 3. The molecule has 2 heterocycles. The Kier molecular flexibility index (Phi) is 4.36. The van der Waals surface area contributed by atoms with Crippen molar-refractivity contribution in [3.05, 3.63) is 51.1 Å². The number of hydrogen-bond acceptors (Lipinski definition) is 5. The van der Waals surface area contributed by atoms with Crippen LogP contribution >= 0.6 is 11.8 Å². The van der Waals surface area contributed by atoms with Crippen LogP contribution < -0.4 is 5.63 Å². The van der Waals surface area contributed by atoms with Crippen LogP contribution in [0.1, 0.15) is 22.5 Å². The van der Waals surface area contributed by atoms with Gasteiger partial charge in [0.05, 0.1) is 0 Å². The van der Waals surface area contributed by atoms with Gasteiger partial charge in [-0.15, -0.1) is 10.2 Å². The minimum atomic E-state index is -4.56. The van der Waals surface area contributed by atoms with E-state index >= 15 is 0 Å². The van der Waals surface area contributed by atoms with Crippen molar-refractivity contribution in [2.24, 2.45) is 7.05 Å². The normalized spacial score (nSPS) is 12.1. The van der Waals surface area contributed by atoms with Gasteiger partial charge in [0.25, 0.3) is 0 Å². The van der Waals surface area contributed by atoms with Gasteiger partial charge < -0.3 is 8.98 Å². The van der Waals surface area contributed by atoms with Crippen LogP contribution in [0.3, 0.4) is 0 Å². The molecular formula is C16H14F3N3O2S. The topological polar surface area (TPSA) is 60.9 Å². The van der Waals surface area contributed by atoms with Crippen LogP contribution in [0.2, 0.25) is 0 Å². The Balaban J connectivity index is 1.96. The number of hydrogen-bond donors (Lipinski definition) is 0. The van der Waals surface area contributed by atoms with Crippen LogP contribution in [0.25, 0.3) is 11.0 Å². The fraction of sp³-hybridized carbons (Fsp3) is 0.312. The van der Waals surface area contributed by atoms with Gasteiger partial charge in [0, 0.05) is 24.3 Å². The van der Waals surface area contributed by atoms with Crippen LogP contribution in [0, 0.1) is 13.8 Å². The maximum Gasteiger partial charge on any atom is 0.451 e. The summed E-state index contributed by atoms with van der Waals surface area (Å²) in [5.41, 5.74) is 2.53. The Labute approximate surface area is 144 Å². The van der Waals surface area contributed by atoms with E-state index in [1.54, 1.807) is 0 Å². The number of nitrogens with zero attached hydrogens (tertiary/aromatic N) is 3. The van der Waals surface area contributed by atoms with Crippen LogP contribution in [0.5, 0.6) is 0 Å². The van der Waals surface area contributed by atoms with E-state index in [0.717, 1.165) is 32.8 Å². The summed E-state index contributed by atoms with van der Waals surface area (Å²) in [5.74, 6) is -0.784. The maximum absolute atomic E-state index is 12.8. The molecule has 0 aliphatic carbocycles. The first-order valence-electron chi connectivity index (χ1n) is 7.31. The zero-order valence-corrected chi connectivity index (χ0v) is 14.5. The second kappa shape index (κ2) is 6.21. The predicted molar refractivity (Wildman–Crippen MR) is 87.5 cm³/mol. The standard InChI is InChI=1S/C16H14F3N3O2S/c1-8-4-5-11-10(6-12(23)24-13(11)9(8)2)7-25-15-21-20-14(22(15)3)16(17,18)19/h4-6H,7H2,1-3H3. The summed E-state index contributed by atoms with van der Waals surface area (Å²) < 4.78 is 44.5. The Hall–Kier alpha value is -2.29. The average Bonchev–Trinajstić information content (AvgIpc) is 2.90. The van der Waals surface area contributed by atoms with Gasteiger partial charge in [0.15, 0.2) is 5.16 Å². The summed E-state index contributed by atoms with van der Waals surface area (Å²) in [5, 5.41) is 7.66. The van der Waals surface area contributed by atoms with E-state index < -0.39 is 17.6 Å². The van der Waals surface area contributed by atoms with Crippen molar-refractivity contribution in [2.75, 3.05) is 0 Å². The van der Waals surface area contributed by atoms with Crippen LogP contribution in [-0.4, -0.2) is 14.8 Å². The van der Waals surface area contributed by atoms with Gasteiger partial charge in [-0.25, -0.2) is 4.79 Å². The van der Waals surface area contributed by atoms with Gasteiger partial charge in [-0.05, 0) is 30.5 Å². The predicted octanol–water partition coefficient (Wildman–Crippen LogP) is 3.85. The number of alkyl halides is 3. The summed E-state index contributed by atoms with van der Waals surface area (Å²) >= 11 is 1.08. The van der Waals surface area contributed by atoms with E-state index in [4.69, 9.17) is 4.42 Å². The average molecular weight is 369 g/mol. The Morgan fingerprint density at radius 1 is 1.24 bits per heavy atom. The van der Waals surface area contributed by atoms with Crippen molar-refractivity contribution in [2.45, 2.75) is 30.9 Å². The van der Waals surface area contributed by atoms with Crippen molar-refractivity contribution < 1.29 is 17.6 Å². The second-order valence-electron chi connectivity index (χ2n) is 5.63. The smallest absolute Gasteiger partial charge is 0.422 e. The van der Waals surface area contributed by atoms with Crippen molar-refractivity contribution in [1.29, 1.82) is 0 Å². The number of aryl methyl sites for hydroxylation is 2. The van der Waals surface area contributed by atoms with Crippen LogP contribution in [-0.2, 0) is 19.0 Å². The first-order valence-corrected chi connectivity index (χ1v) is 8.29. The number of aromatic nitrogens is 3. The van der Waals surface area contributed by atoms with E-state index in [1.165, 1.54) is 13.1 Å². The molecule has 0 saturated heterocycles. The van der Waals surface area contributed by atoms with Gasteiger partial charge in [-0.2, -0.15) is 13.2 Å². The summed E-state index contributed by atoms with van der Waals surface area (Å²) in [6, 6.07) is 5.11. The first kappa shape index (κ1) is 17.5. The molecule has 0 fully saturated rings. The molecule has 0 spiro atoms. The summed E-state index contributed by atoms with van der Waals surface area (Å²) in [6.07, 6.45) is -4.56. The van der Waals surface area contributed by atoms with E-state index in [1.807, 2.05) is 26.0 Å². The molecule has 0 unspecified atom stereocenters. The molecule has 132 valence electrons. The van der Waals surface area contributed by atoms with Crippen molar-refractivity contribution >= 4 is 22.7 Å². The molecule has 0 aliphatic heterocycles. The molecule has 0 N–H and O–H groups in total. The number of fused-ring (bicyclic) bond motifs is 1. The monoisotopic (exact) mass is 369 g/mol. The largest absolute Gasteiger partial charge is 0.451 e. The molecule has 0 atom stereocenters. The van der Waals surface area contributed by atoms with Crippen LogP contribution in [0.15, 0.2) is 32.6 Å². The highest BCUT2D eigenvalue weighted by molar-refractivity contribution is 7.98. The first-order chi connectivity index (χ1) is 11.7. The van der Waals surface area contributed by atoms with E-state index in [-0.39, 0.29) is 10.9 Å². The summed E-state index contributed by atoms with van der Waals surface area (Å²) in [7, 11) is 1.26. The van der Waals surface area contributed by atoms with Crippen LogP contribution in [0.4, 0.5) is 13.2 Å². The quantitative estimate of drug-likeness (QED) is 0.518. The summed E-state index contributed by atoms with van der Waals surface area (Å²) in [4.78, 5) is 11.8. The number of thioether (sulfide) groups is 1. The molecule has 0 radical (unpaired) electrons. The minimum Gasteiger partial charge on any atom is -0.422 e. The van der Waals surface area contributed by atoms with E-state index in [9.17, 15) is 18.0 Å². The lowest BCUT2D eigenvalue weighted by molar-refractivity contribution is -0.147. The third-order valence-electron chi connectivity index (χ3n) is 3.96. The molecule has 5 nitrogen and oxygen atoms in total. The molecule has 2 aromatic heterocycles. The Morgan fingerprint density at radius 2 is 1.96 bits per heavy atom. The van der Waals surface area contributed by atoms with Gasteiger partial charge in [-0.3, -0.25) is 0 Å². The Bertz CT molecular complexity index is 1010. The maximum atomic E-state index is 12.8. The molecule has 0 bridgehead atoms. The molecule has 3 rings (SSSR count). The van der Waals surface area contributed by atoms with E-state index in [2.05, 4.69) is 10.2 Å². The third-order valence-corrected chi connectivity index (χ3v) is 5.03. The number of benzene rings is 1. The zero-order chi connectivity index (χ0) is 18.4. The SMILES string of the molecule is Cc1ccc2c(CSc3nnc(C(F)(F)F)n3C)cc(=O)oc2c1C. The molecular weight excluding hydrogens is 355 g/mol. The lowest BCUT2D eigenvalue weighted by atomic mass is 10.0. The van der Waals surface area contributed by atoms with E-state index in [0.29, 0.717) is 11.1 Å². The highest BCUT2D eigenvalue weighted by Crippen LogP contribution is 2.32.